The Labute approximate surface area is 132 Å². The quantitative estimate of drug-likeness (QED) is 0.796. The Kier molecular flexibility index (Phi) is 5.44. The first kappa shape index (κ1) is 16.4. The lowest BCUT2D eigenvalue weighted by atomic mass is 10.2. The van der Waals surface area contributed by atoms with E-state index >= 15 is 0 Å². The Morgan fingerprint density at radius 1 is 1.05 bits per heavy atom. The summed E-state index contributed by atoms with van der Waals surface area (Å²) in [5.74, 6) is 0.896. The molecule has 0 aliphatic carbocycles. The number of anilines is 1. The zero-order valence-electron chi connectivity index (χ0n) is 12.9. The normalized spacial score (nSPS) is 11.2. The zero-order valence-corrected chi connectivity index (χ0v) is 13.7. The van der Waals surface area contributed by atoms with Gasteiger partial charge in [-0.15, -0.1) is 0 Å². The van der Waals surface area contributed by atoms with Crippen LogP contribution < -0.4 is 10.1 Å². The number of para-hydroxylation sites is 1. The number of nitrogens with one attached hydrogen (secondary N) is 1. The minimum atomic E-state index is -3.23. The van der Waals surface area contributed by atoms with Gasteiger partial charge in [0.15, 0.2) is 9.84 Å². The maximum atomic E-state index is 12.0. The van der Waals surface area contributed by atoms with Crippen molar-refractivity contribution in [2.45, 2.75) is 18.7 Å². The molecule has 0 saturated heterocycles. The van der Waals surface area contributed by atoms with Gasteiger partial charge in [0.2, 0.25) is 0 Å². The molecular weight excluding hydrogens is 298 g/mol. The minimum Gasteiger partial charge on any atom is -0.492 e. The van der Waals surface area contributed by atoms with Gasteiger partial charge in [0.25, 0.3) is 0 Å². The van der Waals surface area contributed by atoms with Crippen molar-refractivity contribution in [2.24, 2.45) is 0 Å². The van der Waals surface area contributed by atoms with Crippen LogP contribution in [0.25, 0.3) is 0 Å². The second kappa shape index (κ2) is 7.31. The second-order valence-electron chi connectivity index (χ2n) is 4.99. The lowest BCUT2D eigenvalue weighted by Crippen LogP contribution is -2.14. The molecule has 0 bridgehead atoms. The molecule has 2 rings (SSSR count). The van der Waals surface area contributed by atoms with Crippen LogP contribution in [0.15, 0.2) is 53.4 Å². The molecule has 0 heterocycles. The molecule has 0 aliphatic rings. The van der Waals surface area contributed by atoms with Crippen molar-refractivity contribution >= 4 is 15.5 Å². The van der Waals surface area contributed by atoms with Crippen LogP contribution in [0, 0.1) is 6.92 Å². The van der Waals surface area contributed by atoms with Crippen molar-refractivity contribution in [3.05, 3.63) is 54.1 Å². The third kappa shape index (κ3) is 4.24. The Hall–Kier alpha value is -2.01. The molecule has 118 valence electrons. The van der Waals surface area contributed by atoms with Gasteiger partial charge in [0, 0.05) is 6.54 Å². The van der Waals surface area contributed by atoms with E-state index in [1.54, 1.807) is 25.1 Å². The van der Waals surface area contributed by atoms with E-state index in [1.165, 1.54) is 5.56 Å². The summed E-state index contributed by atoms with van der Waals surface area (Å²) in [4.78, 5) is 0.341. The van der Waals surface area contributed by atoms with Crippen LogP contribution in [0.2, 0.25) is 0 Å². The van der Waals surface area contributed by atoms with Gasteiger partial charge in [0.05, 0.1) is 16.3 Å². The Morgan fingerprint density at radius 3 is 2.41 bits per heavy atom. The van der Waals surface area contributed by atoms with Gasteiger partial charge in [0.1, 0.15) is 12.4 Å². The van der Waals surface area contributed by atoms with Crippen LogP contribution in [0.1, 0.15) is 12.5 Å². The summed E-state index contributed by atoms with van der Waals surface area (Å²) >= 11 is 0. The average molecular weight is 319 g/mol. The number of benzene rings is 2. The molecular formula is C17H21NO3S. The highest BCUT2D eigenvalue weighted by Crippen LogP contribution is 2.21. The fraction of sp³-hybridized carbons (Fsp3) is 0.294. The predicted octanol–water partition coefficient (Wildman–Crippen LogP) is 3.28. The lowest BCUT2D eigenvalue weighted by Gasteiger charge is -2.12. The van der Waals surface area contributed by atoms with E-state index in [-0.39, 0.29) is 5.75 Å². The van der Waals surface area contributed by atoms with Crippen molar-refractivity contribution in [2.75, 3.05) is 24.2 Å². The van der Waals surface area contributed by atoms with Gasteiger partial charge in [-0.3, -0.25) is 0 Å². The molecule has 5 heteroatoms. The van der Waals surface area contributed by atoms with Gasteiger partial charge < -0.3 is 10.1 Å². The molecule has 0 aliphatic heterocycles. The van der Waals surface area contributed by atoms with Gasteiger partial charge in [-0.1, -0.05) is 36.8 Å². The van der Waals surface area contributed by atoms with Crippen LogP contribution in [-0.2, 0) is 9.84 Å². The van der Waals surface area contributed by atoms with E-state index in [2.05, 4.69) is 5.32 Å². The number of sulfone groups is 1. The molecule has 0 spiro atoms. The van der Waals surface area contributed by atoms with E-state index in [4.69, 9.17) is 4.74 Å². The van der Waals surface area contributed by atoms with Crippen LogP contribution in [0.3, 0.4) is 0 Å². The highest BCUT2D eigenvalue weighted by atomic mass is 32.2. The number of ether oxygens (including phenoxy) is 1. The van der Waals surface area contributed by atoms with Gasteiger partial charge >= 0.3 is 0 Å². The van der Waals surface area contributed by atoms with Gasteiger partial charge in [-0.2, -0.15) is 0 Å². The summed E-state index contributed by atoms with van der Waals surface area (Å²) in [6, 6.07) is 14.8. The number of aryl methyl sites for hydroxylation is 1. The molecule has 0 saturated carbocycles. The molecule has 0 aromatic heterocycles. The highest BCUT2D eigenvalue weighted by Gasteiger charge is 2.15. The first-order chi connectivity index (χ1) is 10.5. The second-order valence-corrected chi connectivity index (χ2v) is 7.23. The minimum absolute atomic E-state index is 0.0888. The fourth-order valence-electron chi connectivity index (χ4n) is 2.03. The summed E-state index contributed by atoms with van der Waals surface area (Å²) < 4.78 is 29.7. The summed E-state index contributed by atoms with van der Waals surface area (Å²) in [5, 5.41) is 3.13. The smallest absolute Gasteiger partial charge is 0.180 e. The average Bonchev–Trinajstić information content (AvgIpc) is 2.53. The summed E-state index contributed by atoms with van der Waals surface area (Å²) in [6.07, 6.45) is 0. The largest absolute Gasteiger partial charge is 0.492 e. The van der Waals surface area contributed by atoms with E-state index in [9.17, 15) is 8.42 Å². The first-order valence-corrected chi connectivity index (χ1v) is 8.93. The van der Waals surface area contributed by atoms with Crippen LogP contribution in [0.4, 0.5) is 5.69 Å². The van der Waals surface area contributed by atoms with Crippen molar-refractivity contribution in [3.8, 4) is 5.75 Å². The monoisotopic (exact) mass is 319 g/mol. The molecule has 4 nitrogen and oxygen atoms in total. The third-order valence-corrected chi connectivity index (χ3v) is 5.10. The Bertz CT molecular complexity index is 709. The lowest BCUT2D eigenvalue weighted by molar-refractivity contribution is 0.332. The van der Waals surface area contributed by atoms with Crippen molar-refractivity contribution in [1.82, 2.24) is 0 Å². The molecule has 22 heavy (non-hydrogen) atoms. The first-order valence-electron chi connectivity index (χ1n) is 7.28. The van der Waals surface area contributed by atoms with E-state index in [0.29, 0.717) is 23.7 Å². The van der Waals surface area contributed by atoms with E-state index < -0.39 is 9.84 Å². The number of rotatable bonds is 7. The summed E-state index contributed by atoms with van der Waals surface area (Å²) in [5.41, 5.74) is 1.81. The molecule has 0 fully saturated rings. The molecule has 1 N–H and O–H groups in total. The highest BCUT2D eigenvalue weighted by molar-refractivity contribution is 7.91. The Morgan fingerprint density at radius 2 is 1.73 bits per heavy atom. The van der Waals surface area contributed by atoms with Gasteiger partial charge in [-0.05, 0) is 31.2 Å². The van der Waals surface area contributed by atoms with E-state index in [1.807, 2.05) is 37.3 Å². The SMILES string of the molecule is CCS(=O)(=O)c1ccccc1NCCOc1ccc(C)cc1. The maximum absolute atomic E-state index is 12.0. The van der Waals surface area contributed by atoms with E-state index in [0.717, 1.165) is 5.75 Å². The summed E-state index contributed by atoms with van der Waals surface area (Å²) in [6.45, 7) is 4.66. The van der Waals surface area contributed by atoms with Crippen molar-refractivity contribution in [3.63, 3.8) is 0 Å². The number of hydrogen-bond acceptors (Lipinski definition) is 4. The van der Waals surface area contributed by atoms with Crippen molar-refractivity contribution in [1.29, 1.82) is 0 Å². The van der Waals surface area contributed by atoms with Crippen LogP contribution in [-0.4, -0.2) is 27.3 Å². The number of hydrogen-bond donors (Lipinski definition) is 1. The topological polar surface area (TPSA) is 55.4 Å². The maximum Gasteiger partial charge on any atom is 0.180 e. The molecule has 2 aromatic rings. The summed E-state index contributed by atoms with van der Waals surface area (Å²) in [7, 11) is -3.23. The predicted molar refractivity (Wildman–Crippen MR) is 89.3 cm³/mol. The Balaban J connectivity index is 1.94. The standard InChI is InChI=1S/C17H21NO3S/c1-3-22(19,20)17-7-5-4-6-16(17)18-12-13-21-15-10-8-14(2)9-11-15/h4-11,18H,3,12-13H2,1-2H3. The van der Waals surface area contributed by atoms with Crippen LogP contribution >= 0.6 is 0 Å². The molecule has 0 amide bonds. The molecule has 0 radical (unpaired) electrons. The zero-order chi connectivity index (χ0) is 16.0. The third-order valence-electron chi connectivity index (χ3n) is 3.31. The fourth-order valence-corrected chi connectivity index (χ4v) is 3.10. The molecule has 0 unspecified atom stereocenters. The molecule has 0 atom stereocenters. The van der Waals surface area contributed by atoms with Crippen molar-refractivity contribution < 1.29 is 13.2 Å². The van der Waals surface area contributed by atoms with Gasteiger partial charge in [-0.25, -0.2) is 8.42 Å². The molecule has 2 aromatic carbocycles. The van der Waals surface area contributed by atoms with Crippen LogP contribution in [0.5, 0.6) is 5.75 Å².